The van der Waals surface area contributed by atoms with E-state index in [4.69, 9.17) is 5.26 Å². The van der Waals surface area contributed by atoms with Crippen molar-refractivity contribution in [3.63, 3.8) is 0 Å². The van der Waals surface area contributed by atoms with E-state index in [0.717, 1.165) is 11.5 Å². The van der Waals surface area contributed by atoms with Crippen molar-refractivity contribution in [2.75, 3.05) is 0 Å². The number of nitrogens with zero attached hydrogens (tertiary/aromatic N) is 1. The quantitative estimate of drug-likeness (QED) is 0.838. The Kier molecular flexibility index (Phi) is 3.81. The molecule has 2 heteroatoms. The second-order valence-electron chi connectivity index (χ2n) is 4.97. The molecule has 0 aromatic heterocycles. The van der Waals surface area contributed by atoms with Gasteiger partial charge in [-0.15, -0.1) is 0 Å². The van der Waals surface area contributed by atoms with Gasteiger partial charge < -0.3 is 5.32 Å². The van der Waals surface area contributed by atoms with Gasteiger partial charge in [0.15, 0.2) is 0 Å². The highest BCUT2D eigenvalue weighted by Gasteiger charge is 2.30. The van der Waals surface area contributed by atoms with Gasteiger partial charge in [-0.1, -0.05) is 19.1 Å². The molecule has 1 saturated carbocycles. The summed E-state index contributed by atoms with van der Waals surface area (Å²) in [6.45, 7) is 4.45. The maximum Gasteiger partial charge on any atom is 0.0991 e. The number of nitrogens with one attached hydrogen (secondary N) is 1. The van der Waals surface area contributed by atoms with E-state index in [1.165, 1.54) is 24.8 Å². The van der Waals surface area contributed by atoms with Crippen LogP contribution in [-0.2, 0) is 0 Å². The first-order valence-corrected chi connectivity index (χ1v) is 6.50. The smallest absolute Gasteiger partial charge is 0.0991 e. The standard InChI is InChI=1S/C15H20N2/c1-3-15(14-8-9-14)17-11(2)13-6-4-12(10-16)5-7-13/h4-7,11,14-15,17H,3,8-9H2,1-2H3. The first-order chi connectivity index (χ1) is 8.24. The van der Waals surface area contributed by atoms with Gasteiger partial charge in [0.05, 0.1) is 11.6 Å². The first kappa shape index (κ1) is 12.1. The van der Waals surface area contributed by atoms with Crippen molar-refractivity contribution in [3.8, 4) is 6.07 Å². The lowest BCUT2D eigenvalue weighted by Crippen LogP contribution is -2.32. The Balaban J connectivity index is 1.98. The van der Waals surface area contributed by atoms with Crippen molar-refractivity contribution in [1.82, 2.24) is 5.32 Å². The Morgan fingerprint density at radius 1 is 1.35 bits per heavy atom. The third-order valence-electron chi connectivity index (χ3n) is 3.63. The summed E-state index contributed by atoms with van der Waals surface area (Å²) in [5.74, 6) is 0.890. The molecule has 90 valence electrons. The van der Waals surface area contributed by atoms with Gasteiger partial charge in [-0.2, -0.15) is 5.26 Å². The fourth-order valence-electron chi connectivity index (χ4n) is 2.35. The molecular formula is C15H20N2. The Labute approximate surface area is 104 Å². The van der Waals surface area contributed by atoms with Crippen LogP contribution in [0.2, 0.25) is 0 Å². The molecule has 2 unspecified atom stereocenters. The summed E-state index contributed by atoms with van der Waals surface area (Å²) in [7, 11) is 0. The first-order valence-electron chi connectivity index (χ1n) is 6.50. The second kappa shape index (κ2) is 5.33. The largest absolute Gasteiger partial charge is 0.307 e. The predicted octanol–water partition coefficient (Wildman–Crippen LogP) is 3.40. The molecule has 0 amide bonds. The van der Waals surface area contributed by atoms with E-state index in [9.17, 15) is 0 Å². The molecule has 17 heavy (non-hydrogen) atoms. The van der Waals surface area contributed by atoms with E-state index in [2.05, 4.69) is 37.4 Å². The van der Waals surface area contributed by atoms with E-state index >= 15 is 0 Å². The minimum Gasteiger partial charge on any atom is -0.307 e. The summed E-state index contributed by atoms with van der Waals surface area (Å²) < 4.78 is 0. The van der Waals surface area contributed by atoms with Crippen LogP contribution in [0.25, 0.3) is 0 Å². The zero-order chi connectivity index (χ0) is 12.3. The van der Waals surface area contributed by atoms with Crippen LogP contribution in [0.5, 0.6) is 0 Å². The summed E-state index contributed by atoms with van der Waals surface area (Å²) in [5, 5.41) is 12.5. The lowest BCUT2D eigenvalue weighted by Gasteiger charge is -2.22. The third-order valence-corrected chi connectivity index (χ3v) is 3.63. The van der Waals surface area contributed by atoms with E-state index in [0.29, 0.717) is 12.1 Å². The fourth-order valence-corrected chi connectivity index (χ4v) is 2.35. The second-order valence-corrected chi connectivity index (χ2v) is 4.97. The van der Waals surface area contributed by atoms with Gasteiger partial charge >= 0.3 is 0 Å². The molecule has 1 aliphatic rings. The van der Waals surface area contributed by atoms with E-state index in [1.807, 2.05) is 12.1 Å². The highest BCUT2D eigenvalue weighted by molar-refractivity contribution is 5.32. The van der Waals surface area contributed by atoms with Crippen LogP contribution < -0.4 is 5.32 Å². The molecule has 1 aromatic carbocycles. The number of hydrogen-bond donors (Lipinski definition) is 1. The molecular weight excluding hydrogens is 208 g/mol. The normalized spacial score (nSPS) is 18.4. The molecule has 0 saturated heterocycles. The van der Waals surface area contributed by atoms with Crippen LogP contribution in [-0.4, -0.2) is 6.04 Å². The van der Waals surface area contributed by atoms with Gasteiger partial charge in [0.25, 0.3) is 0 Å². The summed E-state index contributed by atoms with van der Waals surface area (Å²) >= 11 is 0. The maximum absolute atomic E-state index is 8.77. The van der Waals surface area contributed by atoms with Gasteiger partial charge in [-0.3, -0.25) is 0 Å². The molecule has 2 rings (SSSR count). The van der Waals surface area contributed by atoms with E-state index < -0.39 is 0 Å². The van der Waals surface area contributed by atoms with Crippen molar-refractivity contribution in [3.05, 3.63) is 35.4 Å². The van der Waals surface area contributed by atoms with Crippen LogP contribution in [0.15, 0.2) is 24.3 Å². The molecule has 0 spiro atoms. The molecule has 2 nitrogen and oxygen atoms in total. The SMILES string of the molecule is CCC(NC(C)c1ccc(C#N)cc1)C1CC1. The zero-order valence-electron chi connectivity index (χ0n) is 10.6. The fraction of sp³-hybridized carbons (Fsp3) is 0.533. The molecule has 2 atom stereocenters. The molecule has 0 aliphatic heterocycles. The molecule has 0 radical (unpaired) electrons. The predicted molar refractivity (Wildman–Crippen MR) is 69.5 cm³/mol. The van der Waals surface area contributed by atoms with Crippen LogP contribution >= 0.6 is 0 Å². The molecule has 0 bridgehead atoms. The lowest BCUT2D eigenvalue weighted by molar-refractivity contribution is 0.405. The van der Waals surface area contributed by atoms with Crippen LogP contribution in [0, 0.1) is 17.2 Å². The Morgan fingerprint density at radius 3 is 2.47 bits per heavy atom. The van der Waals surface area contributed by atoms with Crippen molar-refractivity contribution < 1.29 is 0 Å². The highest BCUT2D eigenvalue weighted by atomic mass is 15.0. The monoisotopic (exact) mass is 228 g/mol. The minimum absolute atomic E-state index is 0.369. The Morgan fingerprint density at radius 2 is 2.00 bits per heavy atom. The number of nitriles is 1. The lowest BCUT2D eigenvalue weighted by atomic mass is 10.0. The van der Waals surface area contributed by atoms with Crippen molar-refractivity contribution in [2.45, 2.75) is 45.2 Å². The highest BCUT2D eigenvalue weighted by Crippen LogP contribution is 2.35. The summed E-state index contributed by atoms with van der Waals surface area (Å²) in [5.41, 5.74) is 2.00. The van der Waals surface area contributed by atoms with Gasteiger partial charge in [0.2, 0.25) is 0 Å². The average molecular weight is 228 g/mol. The molecule has 0 heterocycles. The van der Waals surface area contributed by atoms with Crippen molar-refractivity contribution >= 4 is 0 Å². The van der Waals surface area contributed by atoms with Crippen LogP contribution in [0.4, 0.5) is 0 Å². The van der Waals surface area contributed by atoms with Gasteiger partial charge in [-0.25, -0.2) is 0 Å². The molecule has 1 N–H and O–H groups in total. The number of rotatable bonds is 5. The summed E-state index contributed by atoms with van der Waals surface area (Å²) in [4.78, 5) is 0. The maximum atomic E-state index is 8.77. The van der Waals surface area contributed by atoms with E-state index in [-0.39, 0.29) is 0 Å². The Hall–Kier alpha value is -1.33. The average Bonchev–Trinajstić information content (AvgIpc) is 3.20. The van der Waals surface area contributed by atoms with Gasteiger partial charge in [0.1, 0.15) is 0 Å². The minimum atomic E-state index is 0.369. The topological polar surface area (TPSA) is 35.8 Å². The summed E-state index contributed by atoms with van der Waals surface area (Å²) in [6, 6.07) is 11.1. The molecule has 1 aliphatic carbocycles. The zero-order valence-corrected chi connectivity index (χ0v) is 10.6. The van der Waals surface area contributed by atoms with Crippen molar-refractivity contribution in [2.24, 2.45) is 5.92 Å². The van der Waals surface area contributed by atoms with Gasteiger partial charge in [-0.05, 0) is 49.8 Å². The molecule has 1 aromatic rings. The number of benzene rings is 1. The van der Waals surface area contributed by atoms with Crippen LogP contribution in [0.3, 0.4) is 0 Å². The number of hydrogen-bond acceptors (Lipinski definition) is 2. The third kappa shape index (κ3) is 3.08. The molecule has 1 fully saturated rings. The summed E-state index contributed by atoms with van der Waals surface area (Å²) in [6.07, 6.45) is 3.96. The van der Waals surface area contributed by atoms with Crippen molar-refractivity contribution in [1.29, 1.82) is 5.26 Å². The van der Waals surface area contributed by atoms with E-state index in [1.54, 1.807) is 0 Å². The van der Waals surface area contributed by atoms with Crippen LogP contribution in [0.1, 0.15) is 50.3 Å². The van der Waals surface area contributed by atoms with Gasteiger partial charge in [0, 0.05) is 12.1 Å². The Bertz CT molecular complexity index is 398.